The highest BCUT2D eigenvalue weighted by Gasteiger charge is 2.17. The van der Waals surface area contributed by atoms with Crippen LogP contribution in [0.4, 0.5) is 0 Å². The molecule has 0 radical (unpaired) electrons. The molecule has 1 atom stereocenters. The van der Waals surface area contributed by atoms with Crippen molar-refractivity contribution in [3.63, 3.8) is 0 Å². The molecular formula is C12H14O5. The Morgan fingerprint density at radius 3 is 2.71 bits per heavy atom. The molecule has 0 aliphatic heterocycles. The van der Waals surface area contributed by atoms with Gasteiger partial charge in [-0.1, -0.05) is 6.92 Å². The highest BCUT2D eigenvalue weighted by atomic mass is 16.4. The van der Waals surface area contributed by atoms with Gasteiger partial charge in [-0.05, 0) is 13.3 Å². The van der Waals surface area contributed by atoms with Crippen molar-refractivity contribution in [1.82, 2.24) is 0 Å². The van der Waals surface area contributed by atoms with Crippen molar-refractivity contribution in [3.8, 4) is 5.75 Å². The molecule has 1 unspecified atom stereocenters. The van der Waals surface area contributed by atoms with Gasteiger partial charge in [0.2, 0.25) is 0 Å². The third-order valence-electron chi connectivity index (χ3n) is 2.51. The normalized spacial score (nSPS) is 12.1. The number of hydrogen-bond acceptors (Lipinski definition) is 5. The molecule has 1 N–H and O–H groups in total. The van der Waals surface area contributed by atoms with Crippen molar-refractivity contribution >= 4 is 12.1 Å². The molecule has 0 aromatic carbocycles. The van der Waals surface area contributed by atoms with Gasteiger partial charge in [0, 0.05) is 18.4 Å². The Kier molecular flexibility index (Phi) is 4.20. The summed E-state index contributed by atoms with van der Waals surface area (Å²) in [7, 11) is 0. The van der Waals surface area contributed by atoms with Gasteiger partial charge < -0.3 is 14.3 Å². The summed E-state index contributed by atoms with van der Waals surface area (Å²) in [6, 6.07) is 1.26. The van der Waals surface area contributed by atoms with E-state index in [2.05, 4.69) is 0 Å². The van der Waals surface area contributed by atoms with Crippen molar-refractivity contribution in [3.05, 3.63) is 27.8 Å². The van der Waals surface area contributed by atoms with E-state index in [0.717, 1.165) is 6.29 Å². The zero-order chi connectivity index (χ0) is 13.0. The van der Waals surface area contributed by atoms with Gasteiger partial charge in [-0.2, -0.15) is 0 Å². The second kappa shape index (κ2) is 5.43. The Balaban J connectivity index is 3.10. The van der Waals surface area contributed by atoms with E-state index < -0.39 is 11.4 Å². The fourth-order valence-corrected chi connectivity index (χ4v) is 1.53. The molecule has 17 heavy (non-hydrogen) atoms. The van der Waals surface area contributed by atoms with Crippen molar-refractivity contribution in [1.29, 1.82) is 0 Å². The molecule has 0 saturated carbocycles. The molecule has 1 heterocycles. The second-order valence-electron chi connectivity index (χ2n) is 3.90. The Hall–Kier alpha value is -1.91. The monoisotopic (exact) mass is 238 g/mol. The zero-order valence-electron chi connectivity index (χ0n) is 9.73. The molecule has 0 spiro atoms. The number of hydrogen-bond donors (Lipinski definition) is 1. The van der Waals surface area contributed by atoms with Gasteiger partial charge in [0.1, 0.15) is 23.4 Å². The van der Waals surface area contributed by atoms with Gasteiger partial charge in [-0.15, -0.1) is 0 Å². The van der Waals surface area contributed by atoms with Crippen LogP contribution < -0.4 is 5.63 Å². The average molecular weight is 238 g/mol. The Morgan fingerprint density at radius 1 is 1.59 bits per heavy atom. The van der Waals surface area contributed by atoms with E-state index in [1.54, 1.807) is 6.92 Å². The summed E-state index contributed by atoms with van der Waals surface area (Å²) in [5.41, 5.74) is -1.18. The van der Waals surface area contributed by atoms with E-state index in [1.807, 2.05) is 0 Å². The van der Waals surface area contributed by atoms with Crippen LogP contribution in [-0.2, 0) is 4.79 Å². The summed E-state index contributed by atoms with van der Waals surface area (Å²) in [6.07, 6.45) is 1.64. The zero-order valence-corrected chi connectivity index (χ0v) is 9.73. The van der Waals surface area contributed by atoms with Gasteiger partial charge in [0.15, 0.2) is 5.78 Å². The largest absolute Gasteiger partial charge is 0.507 e. The molecule has 1 rings (SSSR count). The van der Waals surface area contributed by atoms with E-state index in [9.17, 15) is 19.5 Å². The topological polar surface area (TPSA) is 84.6 Å². The van der Waals surface area contributed by atoms with E-state index in [4.69, 9.17) is 4.42 Å². The number of aromatic hydroxyl groups is 1. The SMILES string of the molecule is CC(=O)c1c(O)cc(C(C)CCC=O)oc1=O. The van der Waals surface area contributed by atoms with Crippen LogP contribution in [0.5, 0.6) is 5.75 Å². The lowest BCUT2D eigenvalue weighted by Crippen LogP contribution is -2.13. The Labute approximate surface area is 98.1 Å². The Morgan fingerprint density at radius 2 is 2.24 bits per heavy atom. The molecular weight excluding hydrogens is 224 g/mol. The van der Waals surface area contributed by atoms with Crippen LogP contribution >= 0.6 is 0 Å². The standard InChI is InChI=1S/C12H14O5/c1-7(4-3-5-13)10-6-9(15)11(8(2)14)12(16)17-10/h5-7,15H,3-4H2,1-2H3. The number of carbonyl (C=O) groups excluding carboxylic acids is 2. The summed E-state index contributed by atoms with van der Waals surface area (Å²) in [4.78, 5) is 32.8. The van der Waals surface area contributed by atoms with Crippen LogP contribution in [0.2, 0.25) is 0 Å². The molecule has 0 saturated heterocycles. The molecule has 5 heteroatoms. The van der Waals surface area contributed by atoms with E-state index in [0.29, 0.717) is 12.8 Å². The predicted molar refractivity (Wildman–Crippen MR) is 60.4 cm³/mol. The van der Waals surface area contributed by atoms with Crippen LogP contribution in [0, 0.1) is 0 Å². The summed E-state index contributed by atoms with van der Waals surface area (Å²) in [6.45, 7) is 2.95. The lowest BCUT2D eigenvalue weighted by Gasteiger charge is -2.09. The Bertz CT molecular complexity index is 486. The molecule has 1 aromatic rings. The van der Waals surface area contributed by atoms with E-state index in [1.165, 1.54) is 13.0 Å². The maximum Gasteiger partial charge on any atom is 0.350 e. The summed E-state index contributed by atoms with van der Waals surface area (Å²) in [5, 5.41) is 9.57. The fraction of sp³-hybridized carbons (Fsp3) is 0.417. The van der Waals surface area contributed by atoms with Crippen LogP contribution in [-0.4, -0.2) is 17.2 Å². The van der Waals surface area contributed by atoms with Crippen LogP contribution in [0.15, 0.2) is 15.3 Å². The summed E-state index contributed by atoms with van der Waals surface area (Å²) < 4.78 is 4.96. The lowest BCUT2D eigenvalue weighted by atomic mass is 10.0. The predicted octanol–water partition coefficient (Wildman–Crippen LogP) is 1.63. The number of ketones is 1. The van der Waals surface area contributed by atoms with Gasteiger partial charge in [0.05, 0.1) is 0 Å². The molecule has 0 fully saturated rings. The minimum atomic E-state index is -0.842. The van der Waals surface area contributed by atoms with E-state index in [-0.39, 0.29) is 23.0 Å². The number of rotatable bonds is 5. The summed E-state index contributed by atoms with van der Waals surface area (Å²) >= 11 is 0. The maximum atomic E-state index is 11.5. The molecule has 92 valence electrons. The minimum absolute atomic E-state index is 0.167. The summed E-state index contributed by atoms with van der Waals surface area (Å²) in [5.74, 6) is -0.802. The molecule has 1 aromatic heterocycles. The lowest BCUT2D eigenvalue weighted by molar-refractivity contribution is -0.108. The third kappa shape index (κ3) is 3.03. The molecule has 0 aliphatic carbocycles. The average Bonchev–Trinajstić information content (AvgIpc) is 2.24. The van der Waals surface area contributed by atoms with Crippen molar-refractivity contribution in [2.75, 3.05) is 0 Å². The first kappa shape index (κ1) is 13.2. The first-order chi connectivity index (χ1) is 7.97. The molecule has 5 nitrogen and oxygen atoms in total. The molecule has 0 aliphatic rings. The third-order valence-corrected chi connectivity index (χ3v) is 2.51. The fourth-order valence-electron chi connectivity index (χ4n) is 1.53. The van der Waals surface area contributed by atoms with Gasteiger partial charge in [0.25, 0.3) is 0 Å². The smallest absolute Gasteiger partial charge is 0.350 e. The number of carbonyl (C=O) groups is 2. The second-order valence-corrected chi connectivity index (χ2v) is 3.90. The van der Waals surface area contributed by atoms with Crippen molar-refractivity contribution in [2.45, 2.75) is 32.6 Å². The van der Waals surface area contributed by atoms with Crippen LogP contribution in [0.1, 0.15) is 48.7 Å². The van der Waals surface area contributed by atoms with Crippen molar-refractivity contribution < 1.29 is 19.1 Å². The first-order valence-electron chi connectivity index (χ1n) is 5.29. The van der Waals surface area contributed by atoms with Crippen LogP contribution in [0.25, 0.3) is 0 Å². The first-order valence-corrected chi connectivity index (χ1v) is 5.29. The number of Topliss-reactive ketones (excluding diaryl/α,β-unsaturated/α-hetero) is 1. The number of aldehydes is 1. The van der Waals surface area contributed by atoms with Gasteiger partial charge in [-0.25, -0.2) is 4.79 Å². The van der Waals surface area contributed by atoms with Gasteiger partial charge >= 0.3 is 5.63 Å². The van der Waals surface area contributed by atoms with Gasteiger partial charge in [-0.3, -0.25) is 4.79 Å². The highest BCUT2D eigenvalue weighted by molar-refractivity contribution is 5.96. The molecule has 0 bridgehead atoms. The van der Waals surface area contributed by atoms with E-state index >= 15 is 0 Å². The quantitative estimate of drug-likeness (QED) is 0.622. The minimum Gasteiger partial charge on any atom is -0.507 e. The van der Waals surface area contributed by atoms with Crippen LogP contribution in [0.3, 0.4) is 0 Å². The maximum absolute atomic E-state index is 11.5. The van der Waals surface area contributed by atoms with Crippen molar-refractivity contribution in [2.24, 2.45) is 0 Å². The highest BCUT2D eigenvalue weighted by Crippen LogP contribution is 2.24. The molecule has 0 amide bonds.